The Labute approximate surface area is 95.3 Å². The SMILES string of the molecule is O=S1(=O)C=CN=C1Oc1ccccc1Br. The van der Waals surface area contributed by atoms with E-state index in [1.165, 1.54) is 6.20 Å². The largest absolute Gasteiger partial charge is 0.429 e. The maximum atomic E-state index is 11.3. The molecule has 0 saturated carbocycles. The molecule has 0 N–H and O–H groups in total. The number of hydrogen-bond donors (Lipinski definition) is 0. The van der Waals surface area contributed by atoms with E-state index in [4.69, 9.17) is 4.74 Å². The molecule has 0 atom stereocenters. The molecule has 0 saturated heterocycles. The lowest BCUT2D eigenvalue weighted by Crippen LogP contribution is -2.16. The zero-order chi connectivity index (χ0) is 10.9. The van der Waals surface area contributed by atoms with Crippen LogP contribution >= 0.6 is 15.9 Å². The first-order valence-electron chi connectivity index (χ1n) is 4.01. The van der Waals surface area contributed by atoms with Gasteiger partial charge in [-0.3, -0.25) is 0 Å². The minimum absolute atomic E-state index is 0.297. The van der Waals surface area contributed by atoms with Crippen LogP contribution in [-0.2, 0) is 9.84 Å². The molecule has 0 fully saturated rings. The van der Waals surface area contributed by atoms with Crippen LogP contribution in [0.15, 0.2) is 45.3 Å². The molecule has 0 aromatic heterocycles. The zero-order valence-electron chi connectivity index (χ0n) is 7.42. The third kappa shape index (κ3) is 2.10. The second-order valence-electron chi connectivity index (χ2n) is 2.76. The highest BCUT2D eigenvalue weighted by atomic mass is 79.9. The second kappa shape index (κ2) is 3.79. The van der Waals surface area contributed by atoms with Gasteiger partial charge >= 0.3 is 5.23 Å². The Hall–Kier alpha value is -1.14. The lowest BCUT2D eigenvalue weighted by Gasteiger charge is -2.05. The van der Waals surface area contributed by atoms with Gasteiger partial charge in [0, 0.05) is 6.20 Å². The topological polar surface area (TPSA) is 55.7 Å². The predicted octanol–water partition coefficient (Wildman–Crippen LogP) is 2.08. The lowest BCUT2D eigenvalue weighted by molar-refractivity contribution is 0.547. The highest BCUT2D eigenvalue weighted by Gasteiger charge is 2.23. The van der Waals surface area contributed by atoms with E-state index in [1.807, 2.05) is 0 Å². The fourth-order valence-corrected chi connectivity index (χ4v) is 2.13. The quantitative estimate of drug-likeness (QED) is 0.795. The maximum Gasteiger partial charge on any atom is 0.319 e. The van der Waals surface area contributed by atoms with Gasteiger partial charge in [-0.1, -0.05) is 12.1 Å². The van der Waals surface area contributed by atoms with Crippen molar-refractivity contribution in [3.8, 4) is 5.75 Å². The summed E-state index contributed by atoms with van der Waals surface area (Å²) in [5.41, 5.74) is 0. The number of rotatable bonds is 1. The molecule has 6 heteroatoms. The molecule has 1 aromatic carbocycles. The minimum atomic E-state index is -3.48. The molecule has 0 spiro atoms. The molecule has 1 aliphatic rings. The van der Waals surface area contributed by atoms with Crippen molar-refractivity contribution in [1.29, 1.82) is 0 Å². The van der Waals surface area contributed by atoms with Crippen LogP contribution in [0.1, 0.15) is 0 Å². The summed E-state index contributed by atoms with van der Waals surface area (Å²) in [5, 5.41) is 0.702. The summed E-state index contributed by atoms with van der Waals surface area (Å²) in [6.07, 6.45) is 1.20. The van der Waals surface area contributed by atoms with Crippen LogP contribution in [0.4, 0.5) is 0 Å². The van der Waals surface area contributed by atoms with Crippen LogP contribution in [0.5, 0.6) is 5.75 Å². The third-order valence-corrected chi connectivity index (χ3v) is 3.51. The Morgan fingerprint density at radius 1 is 1.27 bits per heavy atom. The molecule has 1 heterocycles. The molecular weight excluding hydrogens is 282 g/mol. The summed E-state index contributed by atoms with van der Waals surface area (Å²) in [6.45, 7) is 0. The van der Waals surface area contributed by atoms with Crippen molar-refractivity contribution in [2.75, 3.05) is 0 Å². The summed E-state index contributed by atoms with van der Waals surface area (Å²) < 4.78 is 28.5. The Kier molecular flexibility index (Phi) is 2.62. The van der Waals surface area contributed by atoms with E-state index in [0.717, 1.165) is 5.41 Å². The first-order chi connectivity index (χ1) is 7.09. The van der Waals surface area contributed by atoms with Crippen molar-refractivity contribution in [1.82, 2.24) is 0 Å². The van der Waals surface area contributed by atoms with Gasteiger partial charge in [-0.15, -0.1) is 0 Å². The number of aliphatic imine (C=N–C) groups is 1. The molecule has 0 amide bonds. The van der Waals surface area contributed by atoms with Crippen molar-refractivity contribution < 1.29 is 13.2 Å². The number of ether oxygens (including phenoxy) is 1. The smallest absolute Gasteiger partial charge is 0.319 e. The molecule has 2 rings (SSSR count). The fourth-order valence-electron chi connectivity index (χ4n) is 1.01. The van der Waals surface area contributed by atoms with Gasteiger partial charge < -0.3 is 4.74 Å². The van der Waals surface area contributed by atoms with Crippen molar-refractivity contribution >= 4 is 31.0 Å². The van der Waals surface area contributed by atoms with Crippen molar-refractivity contribution in [2.24, 2.45) is 4.99 Å². The molecular formula is C9H6BrNO3S. The first-order valence-corrected chi connectivity index (χ1v) is 6.35. The number of benzene rings is 1. The van der Waals surface area contributed by atoms with Crippen molar-refractivity contribution in [3.05, 3.63) is 40.3 Å². The van der Waals surface area contributed by atoms with Gasteiger partial charge in [0.15, 0.2) is 0 Å². The summed E-state index contributed by atoms with van der Waals surface area (Å²) in [7, 11) is -3.48. The first kappa shape index (κ1) is 10.4. The van der Waals surface area contributed by atoms with Gasteiger partial charge in [0.2, 0.25) is 0 Å². The normalized spacial score (nSPS) is 17.5. The monoisotopic (exact) mass is 287 g/mol. The maximum absolute atomic E-state index is 11.3. The summed E-state index contributed by atoms with van der Waals surface area (Å²) in [4.78, 5) is 3.63. The molecule has 0 unspecified atom stereocenters. The number of hydrogen-bond acceptors (Lipinski definition) is 4. The Bertz CT molecular complexity index is 548. The summed E-state index contributed by atoms with van der Waals surface area (Å²) in [6, 6.07) is 6.96. The Morgan fingerprint density at radius 3 is 2.60 bits per heavy atom. The zero-order valence-corrected chi connectivity index (χ0v) is 9.82. The van der Waals surface area contributed by atoms with Crippen LogP contribution in [0.25, 0.3) is 0 Å². The highest BCUT2D eigenvalue weighted by molar-refractivity contribution is 9.10. The van der Waals surface area contributed by atoms with Crippen LogP contribution < -0.4 is 4.74 Å². The number of halogens is 1. The fraction of sp³-hybridized carbons (Fsp3) is 0. The number of nitrogens with zero attached hydrogens (tertiary/aromatic N) is 1. The van der Waals surface area contributed by atoms with Crippen molar-refractivity contribution in [3.63, 3.8) is 0 Å². The molecule has 0 radical (unpaired) electrons. The van der Waals surface area contributed by atoms with E-state index < -0.39 is 9.84 Å². The van der Waals surface area contributed by atoms with Gasteiger partial charge in [-0.05, 0) is 28.1 Å². The van der Waals surface area contributed by atoms with Gasteiger partial charge in [0.05, 0.1) is 9.88 Å². The number of para-hydroxylation sites is 1. The highest BCUT2D eigenvalue weighted by Crippen LogP contribution is 2.25. The molecule has 0 bridgehead atoms. The van der Waals surface area contributed by atoms with E-state index in [1.54, 1.807) is 24.3 Å². The average Bonchev–Trinajstić information content (AvgIpc) is 2.50. The third-order valence-electron chi connectivity index (χ3n) is 1.70. The molecule has 1 aliphatic heterocycles. The van der Waals surface area contributed by atoms with Crippen LogP contribution in [-0.4, -0.2) is 13.6 Å². The van der Waals surface area contributed by atoms with Gasteiger partial charge in [-0.2, -0.15) is 0 Å². The van der Waals surface area contributed by atoms with E-state index in [2.05, 4.69) is 20.9 Å². The Morgan fingerprint density at radius 2 is 2.00 bits per heavy atom. The van der Waals surface area contributed by atoms with Gasteiger partial charge in [0.25, 0.3) is 9.84 Å². The number of sulfone groups is 1. The summed E-state index contributed by atoms with van der Waals surface area (Å²) in [5.74, 6) is 0.420. The predicted molar refractivity (Wildman–Crippen MR) is 60.3 cm³/mol. The molecule has 78 valence electrons. The standard InChI is InChI=1S/C9H6BrNO3S/c10-7-3-1-2-4-8(7)14-9-11-5-6-15(9,12)13/h1-6H. The van der Waals surface area contributed by atoms with Crippen LogP contribution in [0.3, 0.4) is 0 Å². The van der Waals surface area contributed by atoms with E-state index in [9.17, 15) is 8.42 Å². The van der Waals surface area contributed by atoms with E-state index in [0.29, 0.717) is 10.2 Å². The molecule has 15 heavy (non-hydrogen) atoms. The van der Waals surface area contributed by atoms with Crippen molar-refractivity contribution in [2.45, 2.75) is 0 Å². The van der Waals surface area contributed by atoms with E-state index in [-0.39, 0.29) is 5.23 Å². The average molecular weight is 288 g/mol. The summed E-state index contributed by atoms with van der Waals surface area (Å²) >= 11 is 3.25. The Balaban J connectivity index is 2.29. The second-order valence-corrected chi connectivity index (χ2v) is 5.32. The van der Waals surface area contributed by atoms with Crippen LogP contribution in [0.2, 0.25) is 0 Å². The van der Waals surface area contributed by atoms with Gasteiger partial charge in [0.1, 0.15) is 5.75 Å². The molecule has 0 aliphatic carbocycles. The lowest BCUT2D eigenvalue weighted by atomic mass is 10.3. The van der Waals surface area contributed by atoms with E-state index >= 15 is 0 Å². The van der Waals surface area contributed by atoms with Crippen LogP contribution in [0, 0.1) is 0 Å². The van der Waals surface area contributed by atoms with Gasteiger partial charge in [-0.25, -0.2) is 13.4 Å². The minimum Gasteiger partial charge on any atom is -0.429 e. The molecule has 4 nitrogen and oxygen atoms in total. The molecule has 1 aromatic rings.